The van der Waals surface area contributed by atoms with Crippen molar-refractivity contribution in [1.82, 2.24) is 20.2 Å². The molecule has 0 saturated heterocycles. The summed E-state index contributed by atoms with van der Waals surface area (Å²) in [4.78, 5) is 15.8. The molecule has 6 heteroatoms. The lowest BCUT2D eigenvalue weighted by Crippen LogP contribution is -2.39. The average molecular weight is 296 g/mol. The summed E-state index contributed by atoms with van der Waals surface area (Å²) in [6.45, 7) is 9.90. The molecule has 21 heavy (non-hydrogen) atoms. The molecule has 2 atom stereocenters. The highest BCUT2D eigenvalue weighted by Crippen LogP contribution is 2.04. The van der Waals surface area contributed by atoms with Crippen LogP contribution in [0.25, 0.3) is 0 Å². The van der Waals surface area contributed by atoms with E-state index < -0.39 is 0 Å². The largest absolute Gasteiger partial charge is 0.393 e. The van der Waals surface area contributed by atoms with E-state index in [1.807, 2.05) is 27.0 Å². The zero-order chi connectivity index (χ0) is 15.8. The first kappa shape index (κ1) is 17.5. The van der Waals surface area contributed by atoms with Gasteiger partial charge in [-0.2, -0.15) is 0 Å². The van der Waals surface area contributed by atoms with Crippen molar-refractivity contribution in [3.8, 4) is 0 Å². The fraction of sp³-hybridized carbons (Fsp3) is 0.733. The Morgan fingerprint density at radius 3 is 2.67 bits per heavy atom. The molecule has 0 spiro atoms. The number of hydrogen-bond acceptors (Lipinski definition) is 3. The van der Waals surface area contributed by atoms with Gasteiger partial charge in [-0.25, -0.2) is 9.78 Å². The van der Waals surface area contributed by atoms with E-state index in [-0.39, 0.29) is 18.1 Å². The molecule has 0 fully saturated rings. The standard InChI is InChI=1S/C15H28N4O2/c1-11(2)14(20)5-6-17-15(21)18-9-12(3)10-19-8-7-16-13(19)4/h7-8,11-12,14,20H,5-6,9-10H2,1-4H3,(H2,17,18,21). The van der Waals surface area contributed by atoms with Gasteiger partial charge in [0.05, 0.1) is 6.10 Å². The third-order valence-electron chi connectivity index (χ3n) is 3.54. The molecular weight excluding hydrogens is 268 g/mol. The lowest BCUT2D eigenvalue weighted by Gasteiger charge is -2.16. The molecule has 0 aliphatic heterocycles. The van der Waals surface area contributed by atoms with Crippen LogP contribution in [0.1, 0.15) is 33.0 Å². The first-order chi connectivity index (χ1) is 9.90. The fourth-order valence-electron chi connectivity index (χ4n) is 1.99. The van der Waals surface area contributed by atoms with Crippen molar-refractivity contribution in [2.45, 2.75) is 46.8 Å². The van der Waals surface area contributed by atoms with Crippen LogP contribution in [0.3, 0.4) is 0 Å². The van der Waals surface area contributed by atoms with Gasteiger partial charge in [-0.15, -0.1) is 0 Å². The normalized spacial score (nSPS) is 14.0. The minimum Gasteiger partial charge on any atom is -0.393 e. The lowest BCUT2D eigenvalue weighted by molar-refractivity contribution is 0.116. The highest BCUT2D eigenvalue weighted by molar-refractivity contribution is 5.73. The Morgan fingerprint density at radius 2 is 2.10 bits per heavy atom. The molecule has 1 aromatic rings. The number of aliphatic hydroxyl groups is 1. The number of aromatic nitrogens is 2. The van der Waals surface area contributed by atoms with Gasteiger partial charge in [-0.3, -0.25) is 0 Å². The summed E-state index contributed by atoms with van der Waals surface area (Å²) in [5.74, 6) is 1.52. The van der Waals surface area contributed by atoms with E-state index in [2.05, 4.69) is 27.1 Å². The number of carbonyl (C=O) groups excluding carboxylic acids is 1. The van der Waals surface area contributed by atoms with Crippen molar-refractivity contribution in [2.75, 3.05) is 13.1 Å². The van der Waals surface area contributed by atoms with E-state index in [0.29, 0.717) is 25.4 Å². The molecule has 1 rings (SSSR count). The SMILES string of the molecule is Cc1nccn1CC(C)CNC(=O)NCCC(O)C(C)C. The zero-order valence-electron chi connectivity index (χ0n) is 13.5. The first-order valence-electron chi connectivity index (χ1n) is 7.57. The molecule has 1 aromatic heterocycles. The highest BCUT2D eigenvalue weighted by Gasteiger charge is 2.10. The van der Waals surface area contributed by atoms with Crippen molar-refractivity contribution in [2.24, 2.45) is 11.8 Å². The molecule has 6 nitrogen and oxygen atoms in total. The van der Waals surface area contributed by atoms with Crippen LogP contribution in [0.4, 0.5) is 4.79 Å². The van der Waals surface area contributed by atoms with Crippen LogP contribution in [0.15, 0.2) is 12.4 Å². The summed E-state index contributed by atoms with van der Waals surface area (Å²) in [6, 6.07) is -0.180. The predicted molar refractivity (Wildman–Crippen MR) is 83.0 cm³/mol. The second-order valence-electron chi connectivity index (χ2n) is 5.97. The summed E-state index contributed by atoms with van der Waals surface area (Å²) in [7, 11) is 0. The number of amides is 2. The Hall–Kier alpha value is -1.56. The Kier molecular flexibility index (Phi) is 7.22. The monoisotopic (exact) mass is 296 g/mol. The summed E-state index contributed by atoms with van der Waals surface area (Å²) in [6.07, 6.45) is 3.93. The second-order valence-corrected chi connectivity index (χ2v) is 5.97. The molecule has 0 radical (unpaired) electrons. The Balaban J connectivity index is 2.16. The molecule has 0 bridgehead atoms. The molecule has 1 heterocycles. The van der Waals surface area contributed by atoms with Crippen molar-refractivity contribution >= 4 is 6.03 Å². The number of hydrogen-bond donors (Lipinski definition) is 3. The average Bonchev–Trinajstić information content (AvgIpc) is 2.81. The quantitative estimate of drug-likeness (QED) is 0.681. The smallest absolute Gasteiger partial charge is 0.314 e. The maximum absolute atomic E-state index is 11.6. The van der Waals surface area contributed by atoms with Crippen molar-refractivity contribution < 1.29 is 9.90 Å². The van der Waals surface area contributed by atoms with Gasteiger partial charge in [0.1, 0.15) is 5.82 Å². The third-order valence-corrected chi connectivity index (χ3v) is 3.54. The van der Waals surface area contributed by atoms with Crippen LogP contribution in [-0.4, -0.2) is 39.9 Å². The maximum atomic E-state index is 11.6. The first-order valence-corrected chi connectivity index (χ1v) is 7.57. The number of nitrogens with one attached hydrogen (secondary N) is 2. The van der Waals surface area contributed by atoms with E-state index in [0.717, 1.165) is 12.4 Å². The number of carbonyl (C=O) groups is 1. The molecule has 0 aliphatic rings. The summed E-state index contributed by atoms with van der Waals surface area (Å²) >= 11 is 0. The molecule has 0 aliphatic carbocycles. The Morgan fingerprint density at radius 1 is 1.38 bits per heavy atom. The number of aryl methyl sites for hydroxylation is 1. The van der Waals surface area contributed by atoms with Gasteiger partial charge in [0.2, 0.25) is 0 Å². The number of aliphatic hydroxyl groups excluding tert-OH is 1. The van der Waals surface area contributed by atoms with E-state index in [9.17, 15) is 9.90 Å². The van der Waals surface area contributed by atoms with Crippen LogP contribution >= 0.6 is 0 Å². The minimum atomic E-state index is -0.367. The van der Waals surface area contributed by atoms with E-state index in [4.69, 9.17) is 0 Å². The summed E-state index contributed by atoms with van der Waals surface area (Å²) < 4.78 is 2.07. The van der Waals surface area contributed by atoms with Crippen LogP contribution in [0.2, 0.25) is 0 Å². The van der Waals surface area contributed by atoms with E-state index >= 15 is 0 Å². The predicted octanol–water partition coefficient (Wildman–Crippen LogP) is 1.53. The molecule has 0 aromatic carbocycles. The number of rotatable bonds is 8. The van der Waals surface area contributed by atoms with E-state index in [1.165, 1.54) is 0 Å². The van der Waals surface area contributed by atoms with Gasteiger partial charge >= 0.3 is 6.03 Å². The zero-order valence-corrected chi connectivity index (χ0v) is 13.5. The van der Waals surface area contributed by atoms with Gasteiger partial charge in [0, 0.05) is 32.0 Å². The minimum absolute atomic E-state index is 0.180. The van der Waals surface area contributed by atoms with Gasteiger partial charge in [0.15, 0.2) is 0 Å². The van der Waals surface area contributed by atoms with Gasteiger partial charge in [0.25, 0.3) is 0 Å². The van der Waals surface area contributed by atoms with Crippen molar-refractivity contribution in [3.63, 3.8) is 0 Å². The highest BCUT2D eigenvalue weighted by atomic mass is 16.3. The molecule has 2 amide bonds. The Labute approximate surface area is 127 Å². The van der Waals surface area contributed by atoms with E-state index in [1.54, 1.807) is 6.20 Å². The number of nitrogens with zero attached hydrogens (tertiary/aromatic N) is 2. The van der Waals surface area contributed by atoms with Crippen LogP contribution in [-0.2, 0) is 6.54 Å². The molecular formula is C15H28N4O2. The molecule has 0 saturated carbocycles. The van der Waals surface area contributed by atoms with Crippen LogP contribution < -0.4 is 10.6 Å². The second kappa shape index (κ2) is 8.67. The van der Waals surface area contributed by atoms with Crippen LogP contribution in [0.5, 0.6) is 0 Å². The third kappa shape index (κ3) is 6.62. The fourth-order valence-corrected chi connectivity index (χ4v) is 1.99. The topological polar surface area (TPSA) is 79.2 Å². The van der Waals surface area contributed by atoms with Gasteiger partial charge in [-0.05, 0) is 25.2 Å². The van der Waals surface area contributed by atoms with Gasteiger partial charge in [-0.1, -0.05) is 20.8 Å². The van der Waals surface area contributed by atoms with Crippen LogP contribution in [0, 0.1) is 18.8 Å². The lowest BCUT2D eigenvalue weighted by atomic mass is 10.0. The van der Waals surface area contributed by atoms with Crippen molar-refractivity contribution in [3.05, 3.63) is 18.2 Å². The maximum Gasteiger partial charge on any atom is 0.314 e. The number of urea groups is 1. The number of imidazole rings is 1. The summed E-state index contributed by atoms with van der Waals surface area (Å²) in [5.41, 5.74) is 0. The Bertz CT molecular complexity index is 431. The summed E-state index contributed by atoms with van der Waals surface area (Å²) in [5, 5.41) is 15.3. The van der Waals surface area contributed by atoms with Crippen molar-refractivity contribution in [1.29, 1.82) is 0 Å². The molecule has 120 valence electrons. The molecule has 2 unspecified atom stereocenters. The van der Waals surface area contributed by atoms with Gasteiger partial charge < -0.3 is 20.3 Å². The molecule has 3 N–H and O–H groups in total.